The number of guanidine groups is 1. The molecule has 2 aromatic rings. The Morgan fingerprint density at radius 2 is 1.64 bits per heavy atom. The molecule has 3 N–H and O–H groups in total. The first-order valence-electron chi connectivity index (χ1n) is 6.52. The van der Waals surface area contributed by atoms with Crippen molar-refractivity contribution in [3.05, 3.63) is 45.6 Å². The van der Waals surface area contributed by atoms with Crippen LogP contribution >= 0.6 is 11.6 Å². The lowest BCUT2D eigenvalue weighted by molar-refractivity contribution is 0.452. The first-order chi connectivity index (χ1) is 10.5. The maximum Gasteiger partial charge on any atom is 0.245 e. The number of benzene rings is 2. The molecule has 2 aromatic carbocycles. The zero-order chi connectivity index (χ0) is 15.9. The van der Waals surface area contributed by atoms with Gasteiger partial charge in [-0.1, -0.05) is 29.3 Å². The van der Waals surface area contributed by atoms with E-state index in [-0.39, 0.29) is 38.9 Å². The van der Waals surface area contributed by atoms with Crippen LogP contribution in [0.3, 0.4) is 0 Å². The van der Waals surface area contributed by atoms with Crippen molar-refractivity contribution in [2.45, 2.75) is 6.92 Å². The highest BCUT2D eigenvalue weighted by atomic mass is 35.5. The van der Waals surface area contributed by atoms with Crippen molar-refractivity contribution in [2.24, 2.45) is 15.0 Å². The van der Waals surface area contributed by atoms with Gasteiger partial charge in [0.1, 0.15) is 21.4 Å². The van der Waals surface area contributed by atoms with Gasteiger partial charge in [-0.05, 0) is 19.1 Å². The Bertz CT molecular complexity index is 905. The minimum absolute atomic E-state index is 0.0203. The molecule has 0 unspecified atom stereocenters. The van der Waals surface area contributed by atoms with Gasteiger partial charge in [-0.2, -0.15) is 0 Å². The number of aryl methyl sites for hydroxylation is 1. The monoisotopic (exact) mass is 316 g/mol. The molecular formula is C15H13ClN4O2. The molecule has 1 heterocycles. The number of nitrogens with zero attached hydrogens (tertiary/aromatic N) is 3. The number of rotatable bonds is 2. The topological polar surface area (TPSA) is 89.6 Å². The summed E-state index contributed by atoms with van der Waals surface area (Å²) in [6.45, 7) is 1.97. The highest BCUT2D eigenvalue weighted by Gasteiger charge is 2.21. The summed E-state index contributed by atoms with van der Waals surface area (Å²) in [7, 11) is 1.52. The van der Waals surface area contributed by atoms with Gasteiger partial charge >= 0.3 is 0 Å². The largest absolute Gasteiger partial charge is 0.504 e. The van der Waals surface area contributed by atoms with E-state index in [1.54, 1.807) is 0 Å². The van der Waals surface area contributed by atoms with Gasteiger partial charge in [0, 0.05) is 12.7 Å². The lowest BCUT2D eigenvalue weighted by Crippen LogP contribution is -2.23. The summed E-state index contributed by atoms with van der Waals surface area (Å²) in [5.74, 6) is -0.253. The van der Waals surface area contributed by atoms with Crippen LogP contribution < -0.4 is 16.0 Å². The Morgan fingerprint density at radius 1 is 1.05 bits per heavy atom. The standard InChI is InChI=1S/C15H13ClN4O2/c1-7-3-5-8(6-4-7)18-10-9(16)13(21)11-12(14(10)22)20-15(17-2)19-11/h3-6,18,21-22H,1-2H3. The first-order valence-corrected chi connectivity index (χ1v) is 6.90. The third-order valence-corrected chi connectivity index (χ3v) is 3.65. The Balaban J connectivity index is 2.17. The first kappa shape index (κ1) is 14.3. The van der Waals surface area contributed by atoms with E-state index in [4.69, 9.17) is 11.6 Å². The van der Waals surface area contributed by atoms with E-state index in [1.165, 1.54) is 7.05 Å². The molecule has 6 nitrogen and oxygen atoms in total. The van der Waals surface area contributed by atoms with Crippen molar-refractivity contribution in [3.63, 3.8) is 0 Å². The molecule has 0 fully saturated rings. The molecule has 0 amide bonds. The second-order valence-corrected chi connectivity index (χ2v) is 5.20. The number of aromatic hydroxyl groups is 2. The van der Waals surface area contributed by atoms with Crippen molar-refractivity contribution in [1.29, 1.82) is 0 Å². The molecule has 0 spiro atoms. The van der Waals surface area contributed by atoms with E-state index < -0.39 is 0 Å². The van der Waals surface area contributed by atoms with Crippen LogP contribution in [0.1, 0.15) is 5.56 Å². The summed E-state index contributed by atoms with van der Waals surface area (Å²) >= 11 is 6.14. The Morgan fingerprint density at radius 3 is 2.23 bits per heavy atom. The second-order valence-electron chi connectivity index (χ2n) is 4.82. The summed E-state index contributed by atoms with van der Waals surface area (Å²) < 4.78 is 0. The van der Waals surface area contributed by atoms with Gasteiger partial charge in [-0.15, -0.1) is 0 Å². The third-order valence-electron chi connectivity index (χ3n) is 3.28. The van der Waals surface area contributed by atoms with E-state index in [1.807, 2.05) is 31.2 Å². The van der Waals surface area contributed by atoms with Gasteiger partial charge in [0.05, 0.1) is 0 Å². The predicted molar refractivity (Wildman–Crippen MR) is 84.9 cm³/mol. The summed E-state index contributed by atoms with van der Waals surface area (Å²) in [5, 5.41) is 23.8. The molecule has 0 saturated heterocycles. The van der Waals surface area contributed by atoms with E-state index in [0.717, 1.165) is 11.3 Å². The highest BCUT2D eigenvalue weighted by Crippen LogP contribution is 2.35. The van der Waals surface area contributed by atoms with E-state index in [0.29, 0.717) is 0 Å². The zero-order valence-electron chi connectivity index (χ0n) is 11.9. The van der Waals surface area contributed by atoms with Gasteiger partial charge < -0.3 is 15.5 Å². The Hall–Kier alpha value is -2.60. The van der Waals surface area contributed by atoms with E-state index >= 15 is 0 Å². The fourth-order valence-electron chi connectivity index (χ4n) is 2.10. The number of hydrogen-bond acceptors (Lipinski definition) is 4. The number of hydrogen-bond donors (Lipinski definition) is 3. The number of anilines is 2. The fourth-order valence-corrected chi connectivity index (χ4v) is 2.33. The molecule has 3 rings (SSSR count). The molecule has 0 aliphatic carbocycles. The van der Waals surface area contributed by atoms with Crippen LogP contribution in [0.15, 0.2) is 39.2 Å². The molecule has 0 atom stereocenters. The number of phenols is 2. The van der Waals surface area contributed by atoms with Crippen LogP contribution in [0.2, 0.25) is 5.02 Å². The average Bonchev–Trinajstić information content (AvgIpc) is 2.96. The normalized spacial score (nSPS) is 14.4. The number of halogens is 1. The SMILES string of the molecule is CN=C1N=c2c(O)c(Cl)c(Nc3ccc(C)cc3)c(O)c2=N1. The number of fused-ring (bicyclic) bond motifs is 1. The summed E-state index contributed by atoms with van der Waals surface area (Å²) in [6.07, 6.45) is 0. The molecule has 0 radical (unpaired) electrons. The van der Waals surface area contributed by atoms with Crippen LogP contribution in [0, 0.1) is 6.92 Å². The lowest BCUT2D eigenvalue weighted by atomic mass is 10.2. The smallest absolute Gasteiger partial charge is 0.245 e. The number of aliphatic imine (C=N–C) groups is 1. The van der Waals surface area contributed by atoms with Gasteiger partial charge in [0.25, 0.3) is 0 Å². The van der Waals surface area contributed by atoms with E-state index in [9.17, 15) is 10.2 Å². The van der Waals surface area contributed by atoms with Crippen LogP contribution in [-0.2, 0) is 0 Å². The molecule has 112 valence electrons. The summed E-state index contributed by atoms with van der Waals surface area (Å²) in [6, 6.07) is 7.52. The Kier molecular flexibility index (Phi) is 3.46. The van der Waals surface area contributed by atoms with Crippen LogP contribution in [0.5, 0.6) is 11.5 Å². The quantitative estimate of drug-likeness (QED) is 0.585. The third kappa shape index (κ3) is 2.27. The molecule has 0 aromatic heterocycles. The van der Waals surface area contributed by atoms with Crippen LogP contribution in [0.4, 0.5) is 11.4 Å². The molecule has 0 saturated carbocycles. The van der Waals surface area contributed by atoms with Crippen molar-refractivity contribution in [1.82, 2.24) is 0 Å². The van der Waals surface area contributed by atoms with Crippen molar-refractivity contribution >= 4 is 28.9 Å². The molecule has 1 aliphatic heterocycles. The van der Waals surface area contributed by atoms with Crippen molar-refractivity contribution < 1.29 is 10.2 Å². The Labute approximate surface area is 131 Å². The number of phenolic OH excluding ortho intramolecular Hbond substituents is 2. The van der Waals surface area contributed by atoms with Crippen LogP contribution in [-0.4, -0.2) is 23.2 Å². The maximum atomic E-state index is 10.4. The van der Waals surface area contributed by atoms with E-state index in [2.05, 4.69) is 20.3 Å². The minimum Gasteiger partial charge on any atom is -0.504 e. The fraction of sp³-hybridized carbons (Fsp3) is 0.133. The molecule has 7 heteroatoms. The molecule has 0 bridgehead atoms. The molecule has 1 aliphatic rings. The maximum absolute atomic E-state index is 10.4. The number of nitrogens with one attached hydrogen (secondary N) is 1. The second kappa shape index (κ2) is 5.31. The van der Waals surface area contributed by atoms with Gasteiger partial charge in [-0.25, -0.2) is 9.98 Å². The zero-order valence-corrected chi connectivity index (χ0v) is 12.7. The average molecular weight is 317 g/mol. The van der Waals surface area contributed by atoms with Crippen molar-refractivity contribution in [3.8, 4) is 11.5 Å². The summed E-state index contributed by atoms with van der Waals surface area (Å²) in [5.41, 5.74) is 2.01. The molecular weight excluding hydrogens is 304 g/mol. The minimum atomic E-state index is -0.244. The van der Waals surface area contributed by atoms with Gasteiger partial charge in [0.2, 0.25) is 5.96 Å². The lowest BCUT2D eigenvalue weighted by Gasteiger charge is -2.11. The summed E-state index contributed by atoms with van der Waals surface area (Å²) in [4.78, 5) is 11.9. The van der Waals surface area contributed by atoms with Gasteiger partial charge in [-0.3, -0.25) is 4.99 Å². The predicted octanol–water partition coefficient (Wildman–Crippen LogP) is 2.04. The van der Waals surface area contributed by atoms with Crippen LogP contribution in [0.25, 0.3) is 0 Å². The van der Waals surface area contributed by atoms with Crippen molar-refractivity contribution in [2.75, 3.05) is 12.4 Å². The molecule has 22 heavy (non-hydrogen) atoms. The van der Waals surface area contributed by atoms with Gasteiger partial charge in [0.15, 0.2) is 11.5 Å². The highest BCUT2D eigenvalue weighted by molar-refractivity contribution is 6.35.